The molecule has 0 spiro atoms. The SMILES string of the molecule is O=C(NO)c1ccccc1I. The Morgan fingerprint density at radius 3 is 2.64 bits per heavy atom. The number of amides is 1. The lowest BCUT2D eigenvalue weighted by Gasteiger charge is -1.99. The Bertz CT molecular complexity index is 275. The molecule has 1 aromatic carbocycles. The third-order valence-electron chi connectivity index (χ3n) is 1.22. The van der Waals surface area contributed by atoms with Crippen molar-refractivity contribution in [3.8, 4) is 0 Å². The smallest absolute Gasteiger partial charge is 0.275 e. The molecule has 0 unspecified atom stereocenters. The summed E-state index contributed by atoms with van der Waals surface area (Å²) in [4.78, 5) is 10.9. The van der Waals surface area contributed by atoms with Crippen LogP contribution in [0.2, 0.25) is 0 Å². The average molecular weight is 263 g/mol. The van der Waals surface area contributed by atoms with E-state index < -0.39 is 5.91 Å². The van der Waals surface area contributed by atoms with Crippen molar-refractivity contribution in [1.29, 1.82) is 0 Å². The number of halogens is 1. The van der Waals surface area contributed by atoms with Gasteiger partial charge in [0.2, 0.25) is 0 Å². The van der Waals surface area contributed by atoms with Crippen molar-refractivity contribution in [2.24, 2.45) is 0 Å². The topological polar surface area (TPSA) is 49.3 Å². The molecule has 3 nitrogen and oxygen atoms in total. The number of hydrogen-bond donors (Lipinski definition) is 2. The highest BCUT2D eigenvalue weighted by Gasteiger charge is 2.05. The van der Waals surface area contributed by atoms with E-state index in [1.807, 2.05) is 28.7 Å². The predicted octanol–water partition coefficient (Wildman–Crippen LogP) is 1.41. The minimum atomic E-state index is -0.477. The molecule has 0 heterocycles. The lowest BCUT2D eigenvalue weighted by Crippen LogP contribution is -2.19. The summed E-state index contributed by atoms with van der Waals surface area (Å²) in [6.07, 6.45) is 0. The van der Waals surface area contributed by atoms with Gasteiger partial charge in [0.1, 0.15) is 0 Å². The molecule has 0 atom stereocenters. The van der Waals surface area contributed by atoms with E-state index in [-0.39, 0.29) is 0 Å². The number of benzene rings is 1. The van der Waals surface area contributed by atoms with Crippen molar-refractivity contribution in [2.75, 3.05) is 0 Å². The Labute approximate surface area is 77.5 Å². The first-order valence-electron chi connectivity index (χ1n) is 2.94. The van der Waals surface area contributed by atoms with E-state index in [1.54, 1.807) is 23.7 Å². The van der Waals surface area contributed by atoms with Crippen LogP contribution in [0.4, 0.5) is 0 Å². The molecule has 0 aromatic heterocycles. The standard InChI is InChI=1S/C7H6INO2/c8-6-4-2-1-3-5(6)7(10)9-11/h1-4,11H,(H,9,10). The van der Waals surface area contributed by atoms with Gasteiger partial charge >= 0.3 is 0 Å². The summed E-state index contributed by atoms with van der Waals surface area (Å²) in [5.41, 5.74) is 2.06. The second-order valence-corrected chi connectivity index (χ2v) is 3.08. The predicted molar refractivity (Wildman–Crippen MR) is 48.4 cm³/mol. The fraction of sp³-hybridized carbons (Fsp3) is 0. The minimum absolute atomic E-state index is 0.477. The molecule has 0 fully saturated rings. The summed E-state index contributed by atoms with van der Waals surface area (Å²) in [6.45, 7) is 0. The zero-order chi connectivity index (χ0) is 8.27. The van der Waals surface area contributed by atoms with Crippen LogP contribution in [0.15, 0.2) is 24.3 Å². The van der Waals surface area contributed by atoms with Crippen molar-refractivity contribution < 1.29 is 10.0 Å². The van der Waals surface area contributed by atoms with Gasteiger partial charge in [-0.1, -0.05) is 12.1 Å². The maximum absolute atomic E-state index is 10.9. The summed E-state index contributed by atoms with van der Waals surface area (Å²) in [7, 11) is 0. The van der Waals surface area contributed by atoms with Gasteiger partial charge in [0.25, 0.3) is 5.91 Å². The van der Waals surface area contributed by atoms with Crippen LogP contribution in [0.25, 0.3) is 0 Å². The van der Waals surface area contributed by atoms with Gasteiger partial charge < -0.3 is 0 Å². The quantitative estimate of drug-likeness (QED) is 0.457. The average Bonchev–Trinajstić information content (AvgIpc) is 2.04. The number of rotatable bonds is 1. The molecule has 0 aliphatic carbocycles. The van der Waals surface area contributed by atoms with Crippen LogP contribution in [-0.4, -0.2) is 11.1 Å². The van der Waals surface area contributed by atoms with Crippen LogP contribution < -0.4 is 5.48 Å². The van der Waals surface area contributed by atoms with E-state index in [1.165, 1.54) is 0 Å². The molecule has 0 saturated heterocycles. The highest BCUT2D eigenvalue weighted by atomic mass is 127. The Hall–Kier alpha value is -0.620. The van der Waals surface area contributed by atoms with E-state index in [9.17, 15) is 4.79 Å². The van der Waals surface area contributed by atoms with Crippen LogP contribution in [-0.2, 0) is 0 Å². The Morgan fingerprint density at radius 1 is 1.45 bits per heavy atom. The summed E-state index contributed by atoms with van der Waals surface area (Å²) < 4.78 is 0.816. The van der Waals surface area contributed by atoms with E-state index in [0.717, 1.165) is 3.57 Å². The molecule has 4 heteroatoms. The third kappa shape index (κ3) is 1.90. The van der Waals surface area contributed by atoms with Gasteiger partial charge in [0.15, 0.2) is 0 Å². The zero-order valence-electron chi connectivity index (χ0n) is 5.54. The van der Waals surface area contributed by atoms with Gasteiger partial charge in [-0.15, -0.1) is 0 Å². The van der Waals surface area contributed by atoms with Crippen molar-refractivity contribution in [3.63, 3.8) is 0 Å². The van der Waals surface area contributed by atoms with Gasteiger partial charge in [-0.25, -0.2) is 5.48 Å². The van der Waals surface area contributed by atoms with Gasteiger partial charge in [-0.2, -0.15) is 0 Å². The molecule has 0 saturated carbocycles. The van der Waals surface area contributed by atoms with E-state index >= 15 is 0 Å². The highest BCUT2D eigenvalue weighted by molar-refractivity contribution is 14.1. The molecule has 1 rings (SSSR count). The van der Waals surface area contributed by atoms with Gasteiger partial charge in [0.05, 0.1) is 5.56 Å². The Balaban J connectivity index is 3.03. The first-order chi connectivity index (χ1) is 5.25. The molecular weight excluding hydrogens is 257 g/mol. The molecule has 2 N–H and O–H groups in total. The fourth-order valence-electron chi connectivity index (χ4n) is 0.706. The summed E-state index contributed by atoms with van der Waals surface area (Å²) in [6, 6.07) is 7.02. The lowest BCUT2D eigenvalue weighted by atomic mass is 10.2. The van der Waals surface area contributed by atoms with Crippen molar-refractivity contribution in [2.45, 2.75) is 0 Å². The van der Waals surface area contributed by atoms with Gasteiger partial charge in [-0.3, -0.25) is 10.0 Å². The minimum Gasteiger partial charge on any atom is -0.288 e. The zero-order valence-corrected chi connectivity index (χ0v) is 7.70. The van der Waals surface area contributed by atoms with E-state index in [2.05, 4.69) is 0 Å². The third-order valence-corrected chi connectivity index (χ3v) is 2.16. The van der Waals surface area contributed by atoms with Crippen LogP contribution in [0.1, 0.15) is 10.4 Å². The van der Waals surface area contributed by atoms with Crippen molar-refractivity contribution in [1.82, 2.24) is 5.48 Å². The molecule has 0 bridgehead atoms. The highest BCUT2D eigenvalue weighted by Crippen LogP contribution is 2.10. The van der Waals surface area contributed by atoms with E-state index in [4.69, 9.17) is 5.21 Å². The largest absolute Gasteiger partial charge is 0.288 e. The first kappa shape index (κ1) is 8.48. The number of carbonyl (C=O) groups excluding carboxylic acids is 1. The van der Waals surface area contributed by atoms with E-state index in [0.29, 0.717) is 5.56 Å². The number of nitrogens with one attached hydrogen (secondary N) is 1. The summed E-state index contributed by atoms with van der Waals surface area (Å²) >= 11 is 2.03. The molecule has 0 aliphatic rings. The fourth-order valence-corrected chi connectivity index (χ4v) is 1.34. The van der Waals surface area contributed by atoms with Crippen molar-refractivity contribution >= 4 is 28.5 Å². The summed E-state index contributed by atoms with van der Waals surface area (Å²) in [5, 5.41) is 8.31. The number of hydrogen-bond acceptors (Lipinski definition) is 2. The number of hydroxylamine groups is 1. The molecule has 0 radical (unpaired) electrons. The molecule has 1 amide bonds. The Morgan fingerprint density at radius 2 is 2.09 bits per heavy atom. The van der Waals surface area contributed by atoms with Gasteiger partial charge in [0, 0.05) is 3.57 Å². The van der Waals surface area contributed by atoms with Crippen LogP contribution in [0.3, 0.4) is 0 Å². The second kappa shape index (κ2) is 3.68. The van der Waals surface area contributed by atoms with Crippen molar-refractivity contribution in [3.05, 3.63) is 33.4 Å². The Kier molecular flexibility index (Phi) is 2.84. The monoisotopic (exact) mass is 263 g/mol. The molecule has 11 heavy (non-hydrogen) atoms. The van der Waals surface area contributed by atoms with Crippen LogP contribution in [0.5, 0.6) is 0 Å². The van der Waals surface area contributed by atoms with Crippen LogP contribution >= 0.6 is 22.6 Å². The lowest BCUT2D eigenvalue weighted by molar-refractivity contribution is 0.0705. The second-order valence-electron chi connectivity index (χ2n) is 1.92. The molecule has 0 aliphatic heterocycles. The maximum atomic E-state index is 10.9. The number of carbonyl (C=O) groups is 1. The first-order valence-corrected chi connectivity index (χ1v) is 4.02. The summed E-state index contributed by atoms with van der Waals surface area (Å²) in [5.74, 6) is -0.477. The van der Waals surface area contributed by atoms with Crippen LogP contribution in [0, 0.1) is 3.57 Å². The molecule has 1 aromatic rings. The normalized spacial score (nSPS) is 9.27. The van der Waals surface area contributed by atoms with Gasteiger partial charge in [-0.05, 0) is 34.7 Å². The molecule has 58 valence electrons. The molecular formula is C7H6INO2. The maximum Gasteiger partial charge on any atom is 0.275 e.